The molecule has 0 amide bonds. The number of nitrogens with zero attached hydrogens (tertiary/aromatic N) is 2. The lowest BCUT2D eigenvalue weighted by molar-refractivity contribution is 0.627. The third kappa shape index (κ3) is 3.16. The highest BCUT2D eigenvalue weighted by Gasteiger charge is 2.12. The van der Waals surface area contributed by atoms with Crippen LogP contribution in [0.25, 0.3) is 0 Å². The summed E-state index contributed by atoms with van der Waals surface area (Å²) < 4.78 is 14.3. The maximum Gasteiger partial charge on any atom is 0.150 e. The van der Waals surface area contributed by atoms with Crippen molar-refractivity contribution in [3.63, 3.8) is 0 Å². The van der Waals surface area contributed by atoms with Crippen LogP contribution in [0.4, 0.5) is 21.7 Å². The van der Waals surface area contributed by atoms with E-state index >= 15 is 0 Å². The highest BCUT2D eigenvalue weighted by Crippen LogP contribution is 2.36. The van der Waals surface area contributed by atoms with E-state index in [-0.39, 0.29) is 5.02 Å². The Morgan fingerprint density at radius 2 is 1.89 bits per heavy atom. The van der Waals surface area contributed by atoms with E-state index in [1.54, 1.807) is 7.05 Å². The molecule has 0 radical (unpaired) electrons. The van der Waals surface area contributed by atoms with Crippen molar-refractivity contribution in [2.75, 3.05) is 17.7 Å². The Morgan fingerprint density at radius 1 is 1.21 bits per heavy atom. The Kier molecular flexibility index (Phi) is 4.59. The second-order valence-corrected chi connectivity index (χ2v) is 5.56. The molecule has 0 spiro atoms. The third-order valence-corrected chi connectivity index (χ3v) is 3.95. The van der Waals surface area contributed by atoms with Gasteiger partial charge in [-0.3, -0.25) is 0 Å². The summed E-state index contributed by atoms with van der Waals surface area (Å²) in [7, 11) is 1.75. The minimum Gasteiger partial charge on any atom is -0.372 e. The van der Waals surface area contributed by atoms with Gasteiger partial charge in [0.2, 0.25) is 0 Å². The standard InChI is InChI=1S/C11H8Br2ClFN4/c1-16-10-8(13)11(18-4-17-10)19-9-6(12)2-5(15)3-7(9)14/h2-4H,1H3,(H2,16,17,18,19). The van der Waals surface area contributed by atoms with Crippen molar-refractivity contribution in [2.45, 2.75) is 0 Å². The van der Waals surface area contributed by atoms with Gasteiger partial charge in [0.05, 0.1) is 10.7 Å². The fourth-order valence-corrected chi connectivity index (χ4v) is 2.81. The van der Waals surface area contributed by atoms with Gasteiger partial charge in [-0.15, -0.1) is 0 Å². The van der Waals surface area contributed by atoms with E-state index in [4.69, 9.17) is 11.6 Å². The zero-order chi connectivity index (χ0) is 14.0. The molecule has 2 aromatic rings. The van der Waals surface area contributed by atoms with Gasteiger partial charge in [-0.1, -0.05) is 11.6 Å². The Labute approximate surface area is 131 Å². The van der Waals surface area contributed by atoms with E-state index in [1.165, 1.54) is 18.5 Å². The topological polar surface area (TPSA) is 49.8 Å². The number of hydrogen-bond donors (Lipinski definition) is 2. The summed E-state index contributed by atoms with van der Waals surface area (Å²) in [5.41, 5.74) is 0.532. The molecular weight excluding hydrogens is 402 g/mol. The molecule has 2 rings (SSSR count). The fourth-order valence-electron chi connectivity index (χ4n) is 1.41. The Morgan fingerprint density at radius 3 is 2.53 bits per heavy atom. The van der Waals surface area contributed by atoms with Gasteiger partial charge >= 0.3 is 0 Å². The van der Waals surface area contributed by atoms with E-state index in [0.717, 1.165) is 0 Å². The Balaban J connectivity index is 2.42. The van der Waals surface area contributed by atoms with E-state index in [1.807, 2.05) is 0 Å². The van der Waals surface area contributed by atoms with Crippen molar-refractivity contribution in [1.29, 1.82) is 0 Å². The summed E-state index contributed by atoms with van der Waals surface area (Å²) in [5.74, 6) is 0.737. The lowest BCUT2D eigenvalue weighted by Gasteiger charge is -2.12. The third-order valence-electron chi connectivity index (χ3n) is 2.28. The van der Waals surface area contributed by atoms with Gasteiger partial charge < -0.3 is 10.6 Å². The van der Waals surface area contributed by atoms with Gasteiger partial charge in [0.1, 0.15) is 28.3 Å². The van der Waals surface area contributed by atoms with Crippen LogP contribution >= 0.6 is 43.5 Å². The smallest absolute Gasteiger partial charge is 0.150 e. The quantitative estimate of drug-likeness (QED) is 0.778. The largest absolute Gasteiger partial charge is 0.372 e. The van der Waals surface area contributed by atoms with Gasteiger partial charge in [0, 0.05) is 11.5 Å². The molecule has 2 N–H and O–H groups in total. The number of hydrogen-bond acceptors (Lipinski definition) is 4. The van der Waals surface area contributed by atoms with Crippen molar-refractivity contribution in [2.24, 2.45) is 0 Å². The first kappa shape index (κ1) is 14.5. The molecule has 0 bridgehead atoms. The van der Waals surface area contributed by atoms with E-state index in [9.17, 15) is 4.39 Å². The molecule has 0 atom stereocenters. The fraction of sp³-hybridized carbons (Fsp3) is 0.0909. The zero-order valence-corrected chi connectivity index (χ0v) is 13.6. The number of halogens is 4. The van der Waals surface area contributed by atoms with Crippen molar-refractivity contribution < 1.29 is 4.39 Å². The van der Waals surface area contributed by atoms with Crippen molar-refractivity contribution >= 4 is 60.8 Å². The molecule has 0 saturated heterocycles. The summed E-state index contributed by atoms with van der Waals surface area (Å²) in [6, 6.07) is 2.55. The first-order valence-electron chi connectivity index (χ1n) is 5.12. The molecule has 1 heterocycles. The van der Waals surface area contributed by atoms with Crippen LogP contribution in [0.2, 0.25) is 5.02 Å². The first-order valence-corrected chi connectivity index (χ1v) is 7.09. The molecule has 1 aromatic heterocycles. The summed E-state index contributed by atoms with van der Waals surface area (Å²) in [6.07, 6.45) is 1.41. The second-order valence-electron chi connectivity index (χ2n) is 3.50. The number of rotatable bonds is 3. The Hall–Kier alpha value is -0.920. The molecule has 0 fully saturated rings. The zero-order valence-electron chi connectivity index (χ0n) is 9.64. The molecular formula is C11H8Br2ClFN4. The number of aromatic nitrogens is 2. The van der Waals surface area contributed by atoms with Crippen LogP contribution < -0.4 is 10.6 Å². The predicted octanol–water partition coefficient (Wildman–Crippen LogP) is 4.58. The minimum atomic E-state index is -0.417. The van der Waals surface area contributed by atoms with Gasteiger partial charge in [-0.05, 0) is 44.0 Å². The van der Waals surface area contributed by atoms with E-state index in [2.05, 4.69) is 52.5 Å². The SMILES string of the molecule is CNc1ncnc(Nc2c(Cl)cc(F)cc2Br)c1Br. The maximum atomic E-state index is 13.2. The van der Waals surface area contributed by atoms with Gasteiger partial charge in [-0.25, -0.2) is 14.4 Å². The normalized spacial score (nSPS) is 10.4. The van der Waals surface area contributed by atoms with Gasteiger partial charge in [-0.2, -0.15) is 0 Å². The predicted molar refractivity (Wildman–Crippen MR) is 81.7 cm³/mol. The lowest BCUT2D eigenvalue weighted by Crippen LogP contribution is -2.01. The monoisotopic (exact) mass is 408 g/mol. The summed E-state index contributed by atoms with van der Waals surface area (Å²) in [6.45, 7) is 0. The van der Waals surface area contributed by atoms with Crippen LogP contribution in [0.3, 0.4) is 0 Å². The number of nitrogens with one attached hydrogen (secondary N) is 2. The Bertz CT molecular complexity index is 601. The summed E-state index contributed by atoms with van der Waals surface area (Å²) in [4.78, 5) is 8.15. The van der Waals surface area contributed by atoms with Gasteiger partial charge in [0.25, 0.3) is 0 Å². The molecule has 0 aliphatic heterocycles. The number of anilines is 3. The lowest BCUT2D eigenvalue weighted by atomic mass is 10.3. The summed E-state index contributed by atoms with van der Waals surface area (Å²) in [5, 5.41) is 6.20. The molecule has 0 saturated carbocycles. The van der Waals surface area contributed by atoms with Crippen LogP contribution in [0.5, 0.6) is 0 Å². The van der Waals surface area contributed by atoms with Crippen molar-refractivity contribution in [3.8, 4) is 0 Å². The highest BCUT2D eigenvalue weighted by atomic mass is 79.9. The number of benzene rings is 1. The molecule has 19 heavy (non-hydrogen) atoms. The van der Waals surface area contributed by atoms with Crippen LogP contribution in [0.1, 0.15) is 0 Å². The highest BCUT2D eigenvalue weighted by molar-refractivity contribution is 9.11. The first-order chi connectivity index (χ1) is 9.02. The average Bonchev–Trinajstić information content (AvgIpc) is 2.35. The van der Waals surface area contributed by atoms with E-state index < -0.39 is 5.82 Å². The molecule has 0 aliphatic rings. The maximum absolute atomic E-state index is 13.2. The van der Waals surface area contributed by atoms with Crippen LogP contribution in [-0.4, -0.2) is 17.0 Å². The average molecular weight is 410 g/mol. The van der Waals surface area contributed by atoms with Crippen molar-refractivity contribution in [3.05, 3.63) is 38.2 Å². The minimum absolute atomic E-state index is 0.253. The van der Waals surface area contributed by atoms with Crippen LogP contribution in [0, 0.1) is 5.82 Å². The molecule has 1 aromatic carbocycles. The molecule has 4 nitrogen and oxygen atoms in total. The molecule has 8 heteroatoms. The molecule has 100 valence electrons. The van der Waals surface area contributed by atoms with Crippen LogP contribution in [0.15, 0.2) is 27.4 Å². The second kappa shape index (κ2) is 6.02. The molecule has 0 aliphatic carbocycles. The van der Waals surface area contributed by atoms with Crippen molar-refractivity contribution in [1.82, 2.24) is 9.97 Å². The summed E-state index contributed by atoms with van der Waals surface area (Å²) >= 11 is 12.6. The van der Waals surface area contributed by atoms with Crippen LogP contribution in [-0.2, 0) is 0 Å². The van der Waals surface area contributed by atoms with E-state index in [0.29, 0.717) is 26.3 Å². The van der Waals surface area contributed by atoms with Gasteiger partial charge in [0.15, 0.2) is 0 Å². The molecule has 0 unspecified atom stereocenters.